The third-order valence-electron chi connectivity index (χ3n) is 5.25. The molecular weight excluding hydrogens is 402 g/mol. The van der Waals surface area contributed by atoms with Crippen molar-refractivity contribution < 1.29 is 9.47 Å². The number of anilines is 2. The topological polar surface area (TPSA) is 71.9 Å². The van der Waals surface area contributed by atoms with Crippen LogP contribution in [0.3, 0.4) is 0 Å². The van der Waals surface area contributed by atoms with E-state index in [0.29, 0.717) is 23.3 Å². The minimum absolute atomic E-state index is 0.630. The molecule has 0 atom stereocenters. The zero-order valence-electron chi connectivity index (χ0n) is 19.7. The van der Waals surface area contributed by atoms with Gasteiger partial charge in [0.15, 0.2) is 17.3 Å². The first-order chi connectivity index (χ1) is 15.7. The van der Waals surface area contributed by atoms with Crippen molar-refractivity contribution in [1.82, 2.24) is 9.97 Å². The molecule has 1 fully saturated rings. The van der Waals surface area contributed by atoms with Crippen LogP contribution in [0, 0.1) is 6.92 Å². The van der Waals surface area contributed by atoms with Crippen molar-refractivity contribution in [3.63, 3.8) is 0 Å². The van der Waals surface area contributed by atoms with Gasteiger partial charge in [-0.15, -0.1) is 0 Å². The second-order valence-electron chi connectivity index (χ2n) is 7.43. The Morgan fingerprint density at radius 1 is 0.969 bits per heavy atom. The number of rotatable bonds is 6. The maximum atomic E-state index is 5.48. The van der Waals surface area contributed by atoms with Crippen LogP contribution in [0.5, 0.6) is 11.5 Å². The number of nitrogens with one attached hydrogen (secondary N) is 1. The summed E-state index contributed by atoms with van der Waals surface area (Å²) in [5.74, 6) is 2.63. The van der Waals surface area contributed by atoms with Crippen molar-refractivity contribution in [2.45, 2.75) is 40.0 Å². The van der Waals surface area contributed by atoms with E-state index in [9.17, 15) is 0 Å². The molecule has 7 heteroatoms. The minimum atomic E-state index is 0.630. The summed E-state index contributed by atoms with van der Waals surface area (Å²) in [4.78, 5) is 11.8. The van der Waals surface area contributed by atoms with Gasteiger partial charge in [-0.25, -0.2) is 4.98 Å². The molecule has 0 radical (unpaired) electrons. The Hall–Kier alpha value is -3.35. The van der Waals surface area contributed by atoms with Crippen LogP contribution in [-0.4, -0.2) is 43.5 Å². The Bertz CT molecular complexity index is 1060. The maximum absolute atomic E-state index is 5.48. The smallest absolute Gasteiger partial charge is 0.227 e. The summed E-state index contributed by atoms with van der Waals surface area (Å²) in [6, 6.07) is 12.0. The Morgan fingerprint density at radius 2 is 1.69 bits per heavy atom. The van der Waals surface area contributed by atoms with E-state index in [4.69, 9.17) is 19.4 Å². The molecule has 1 aliphatic rings. The Kier molecular flexibility index (Phi) is 8.25. The van der Waals surface area contributed by atoms with E-state index in [2.05, 4.69) is 34.5 Å². The second kappa shape index (κ2) is 11.3. The standard InChI is InChI=1S/C23H27N5O2.C2H6/c1-16-8-7-9-17(12-16)15-24-27-22-18-13-20(29-2)21(30-3)14-19(18)25-23(26-22)28-10-5-4-6-11-28;1-2/h7-9,12-15H,4-6,10-11H2,1-3H3,(H,25,26,27);1-2H3/b24-15+;. The van der Waals surface area contributed by atoms with Gasteiger partial charge >= 0.3 is 0 Å². The summed E-state index contributed by atoms with van der Waals surface area (Å²) in [7, 11) is 3.25. The molecule has 0 amide bonds. The first-order valence-electron chi connectivity index (χ1n) is 11.2. The summed E-state index contributed by atoms with van der Waals surface area (Å²) in [5.41, 5.74) is 6.12. The highest BCUT2D eigenvalue weighted by Crippen LogP contribution is 2.35. The van der Waals surface area contributed by atoms with E-state index in [1.807, 2.05) is 38.1 Å². The lowest BCUT2D eigenvalue weighted by molar-refractivity contribution is 0.356. The number of aryl methyl sites for hydroxylation is 1. The number of fused-ring (bicyclic) bond motifs is 1. The van der Waals surface area contributed by atoms with E-state index in [1.165, 1.54) is 12.0 Å². The summed E-state index contributed by atoms with van der Waals surface area (Å²) in [6.45, 7) is 7.99. The van der Waals surface area contributed by atoms with Crippen molar-refractivity contribution in [3.05, 3.63) is 47.5 Å². The molecule has 0 bridgehead atoms. The number of aromatic nitrogens is 2. The van der Waals surface area contributed by atoms with Gasteiger partial charge in [-0.05, 0) is 37.8 Å². The molecule has 3 aromatic rings. The van der Waals surface area contributed by atoms with E-state index >= 15 is 0 Å². The number of hydrogen-bond acceptors (Lipinski definition) is 7. The van der Waals surface area contributed by atoms with Crippen molar-refractivity contribution >= 4 is 28.9 Å². The lowest BCUT2D eigenvalue weighted by Gasteiger charge is -2.27. The third kappa shape index (κ3) is 5.46. The zero-order valence-corrected chi connectivity index (χ0v) is 19.7. The fourth-order valence-electron chi connectivity index (χ4n) is 3.68. The van der Waals surface area contributed by atoms with Gasteiger partial charge in [-0.1, -0.05) is 43.7 Å². The van der Waals surface area contributed by atoms with Gasteiger partial charge < -0.3 is 14.4 Å². The van der Waals surface area contributed by atoms with Crippen LogP contribution in [-0.2, 0) is 0 Å². The van der Waals surface area contributed by atoms with E-state index < -0.39 is 0 Å². The van der Waals surface area contributed by atoms with Crippen LogP contribution in [0.25, 0.3) is 10.9 Å². The van der Waals surface area contributed by atoms with Gasteiger partial charge in [-0.3, -0.25) is 5.43 Å². The first-order valence-corrected chi connectivity index (χ1v) is 11.2. The quantitative estimate of drug-likeness (QED) is 0.412. The summed E-state index contributed by atoms with van der Waals surface area (Å²) in [6.07, 6.45) is 5.35. The molecule has 1 N–H and O–H groups in total. The maximum Gasteiger partial charge on any atom is 0.227 e. The lowest BCUT2D eigenvalue weighted by atomic mass is 10.1. The van der Waals surface area contributed by atoms with Gasteiger partial charge in [-0.2, -0.15) is 10.1 Å². The van der Waals surface area contributed by atoms with Gasteiger partial charge in [0.25, 0.3) is 0 Å². The largest absolute Gasteiger partial charge is 0.493 e. The molecular formula is C25H33N5O2. The van der Waals surface area contributed by atoms with Crippen LogP contribution in [0.4, 0.5) is 11.8 Å². The average Bonchev–Trinajstić information content (AvgIpc) is 2.85. The molecule has 2 aromatic carbocycles. The van der Waals surface area contributed by atoms with Crippen molar-refractivity contribution in [3.8, 4) is 11.5 Å². The third-order valence-corrected chi connectivity index (χ3v) is 5.25. The Labute approximate surface area is 190 Å². The number of methoxy groups -OCH3 is 2. The number of hydrazone groups is 1. The van der Waals surface area contributed by atoms with Gasteiger partial charge in [0.05, 0.1) is 26.0 Å². The molecule has 0 unspecified atom stereocenters. The Balaban J connectivity index is 0.00000141. The molecule has 1 aliphatic heterocycles. The molecule has 2 heterocycles. The average molecular weight is 436 g/mol. The fourth-order valence-corrected chi connectivity index (χ4v) is 3.68. The fraction of sp³-hybridized carbons (Fsp3) is 0.400. The van der Waals surface area contributed by atoms with Crippen molar-refractivity contribution in [2.75, 3.05) is 37.6 Å². The molecule has 1 aromatic heterocycles. The van der Waals surface area contributed by atoms with Crippen LogP contribution < -0.4 is 19.8 Å². The molecule has 32 heavy (non-hydrogen) atoms. The predicted molar refractivity (Wildman–Crippen MR) is 132 cm³/mol. The first kappa shape index (κ1) is 23.3. The summed E-state index contributed by atoms with van der Waals surface area (Å²) in [5, 5.41) is 5.26. The number of nitrogens with zero attached hydrogens (tertiary/aromatic N) is 4. The number of ether oxygens (including phenoxy) is 2. The molecule has 1 saturated heterocycles. The second-order valence-corrected chi connectivity index (χ2v) is 7.43. The highest BCUT2D eigenvalue weighted by atomic mass is 16.5. The SMILES string of the molecule is CC.COc1cc2nc(N3CCCCC3)nc(N/N=C/c3cccc(C)c3)c2cc1OC. The molecule has 170 valence electrons. The monoisotopic (exact) mass is 435 g/mol. The van der Waals surface area contributed by atoms with E-state index in [-0.39, 0.29) is 0 Å². The highest BCUT2D eigenvalue weighted by molar-refractivity contribution is 5.93. The minimum Gasteiger partial charge on any atom is -0.493 e. The molecule has 7 nitrogen and oxygen atoms in total. The number of benzene rings is 2. The van der Waals surface area contributed by atoms with Gasteiger partial charge in [0, 0.05) is 24.5 Å². The predicted octanol–water partition coefficient (Wildman–Crippen LogP) is 5.42. The van der Waals surface area contributed by atoms with Gasteiger partial charge in [0.1, 0.15) is 0 Å². The normalized spacial score (nSPS) is 13.6. The zero-order chi connectivity index (χ0) is 22.9. The van der Waals surface area contributed by atoms with Crippen molar-refractivity contribution in [1.29, 1.82) is 0 Å². The Morgan fingerprint density at radius 3 is 2.38 bits per heavy atom. The van der Waals surface area contributed by atoms with Gasteiger partial charge in [0.2, 0.25) is 5.95 Å². The van der Waals surface area contributed by atoms with Crippen molar-refractivity contribution in [2.24, 2.45) is 5.10 Å². The molecule has 0 saturated carbocycles. The summed E-state index contributed by atoms with van der Waals surface area (Å²) >= 11 is 0. The van der Waals surface area contributed by atoms with Crippen LogP contribution >= 0.6 is 0 Å². The number of hydrogen-bond donors (Lipinski definition) is 1. The lowest BCUT2D eigenvalue weighted by Crippen LogP contribution is -2.31. The van der Waals surface area contributed by atoms with Crippen LogP contribution in [0.15, 0.2) is 41.5 Å². The summed E-state index contributed by atoms with van der Waals surface area (Å²) < 4.78 is 10.9. The van der Waals surface area contributed by atoms with Crippen LogP contribution in [0.1, 0.15) is 44.2 Å². The van der Waals surface area contributed by atoms with Crippen LogP contribution in [0.2, 0.25) is 0 Å². The number of piperidine rings is 1. The highest BCUT2D eigenvalue weighted by Gasteiger charge is 2.18. The molecule has 4 rings (SSSR count). The molecule has 0 aliphatic carbocycles. The molecule has 0 spiro atoms. The van der Waals surface area contributed by atoms with E-state index in [1.54, 1.807) is 20.4 Å². The van der Waals surface area contributed by atoms with E-state index in [0.717, 1.165) is 42.4 Å².